The highest BCUT2D eigenvalue weighted by molar-refractivity contribution is 7.07. The molecule has 0 N–H and O–H groups in total. The molecule has 0 fully saturated rings. The predicted molar refractivity (Wildman–Crippen MR) is 167 cm³/mol. The molecule has 3 aromatic carbocycles. The Labute approximate surface area is 256 Å². The van der Waals surface area contributed by atoms with Crippen LogP contribution in [0.25, 0.3) is 17.0 Å². The Kier molecular flexibility index (Phi) is 7.92. The molecular formula is C34H30FN3O5S. The standard InChI is InChI=1S/C34H30FN3O5S/c1-5-43-33(40)30-20(2)36-34-38(31(30)21-14-15-27(41-3)28(16-21)42-4)32(39)29(44-34)17-23-19-37(26-13-9-7-11-24(23)26)18-22-10-6-8-12-25(22)35/h6-17,19,31H,5,18H2,1-4H3/b29-17-/t31-/m0/s1. The van der Waals surface area contributed by atoms with Gasteiger partial charge >= 0.3 is 5.97 Å². The van der Waals surface area contributed by atoms with Crippen molar-refractivity contribution < 1.29 is 23.4 Å². The molecule has 5 aromatic rings. The van der Waals surface area contributed by atoms with Crippen molar-refractivity contribution in [3.63, 3.8) is 0 Å². The summed E-state index contributed by atoms with van der Waals surface area (Å²) in [5.41, 5.74) is 3.39. The van der Waals surface area contributed by atoms with E-state index in [-0.39, 0.29) is 23.6 Å². The first kappa shape index (κ1) is 29.1. The van der Waals surface area contributed by atoms with Crippen LogP contribution in [0.2, 0.25) is 0 Å². The van der Waals surface area contributed by atoms with Gasteiger partial charge in [0.2, 0.25) is 0 Å². The lowest BCUT2D eigenvalue weighted by Crippen LogP contribution is -2.39. The van der Waals surface area contributed by atoms with E-state index in [1.54, 1.807) is 51.3 Å². The highest BCUT2D eigenvalue weighted by Gasteiger charge is 2.34. The summed E-state index contributed by atoms with van der Waals surface area (Å²) >= 11 is 1.24. The molecule has 0 saturated carbocycles. The van der Waals surface area contributed by atoms with Crippen molar-refractivity contribution in [1.29, 1.82) is 0 Å². The molecular weight excluding hydrogens is 581 g/mol. The van der Waals surface area contributed by atoms with Crippen molar-refractivity contribution in [3.8, 4) is 11.5 Å². The van der Waals surface area contributed by atoms with E-state index in [1.807, 2.05) is 47.2 Å². The Balaban J connectivity index is 1.53. The fourth-order valence-corrected chi connectivity index (χ4v) is 6.64. The lowest BCUT2D eigenvalue weighted by Gasteiger charge is -2.25. The molecule has 0 amide bonds. The fraction of sp³-hybridized carbons (Fsp3) is 0.206. The average Bonchev–Trinajstić information content (AvgIpc) is 3.53. The number of fused-ring (bicyclic) bond motifs is 2. The zero-order valence-corrected chi connectivity index (χ0v) is 25.5. The van der Waals surface area contributed by atoms with Crippen LogP contribution in [-0.2, 0) is 16.1 Å². The normalized spacial score (nSPS) is 14.8. The van der Waals surface area contributed by atoms with Crippen LogP contribution in [-0.4, -0.2) is 35.9 Å². The summed E-state index contributed by atoms with van der Waals surface area (Å²) in [7, 11) is 3.07. The molecule has 44 heavy (non-hydrogen) atoms. The van der Waals surface area contributed by atoms with Crippen molar-refractivity contribution in [3.05, 3.63) is 126 Å². The van der Waals surface area contributed by atoms with E-state index < -0.39 is 12.0 Å². The van der Waals surface area contributed by atoms with Crippen LogP contribution in [0.15, 0.2) is 94.0 Å². The fourth-order valence-electron chi connectivity index (χ4n) is 5.60. The maximum Gasteiger partial charge on any atom is 0.338 e. The van der Waals surface area contributed by atoms with Gasteiger partial charge in [0.1, 0.15) is 5.82 Å². The highest BCUT2D eigenvalue weighted by Crippen LogP contribution is 2.36. The number of esters is 1. The summed E-state index contributed by atoms with van der Waals surface area (Å²) in [6.07, 6.45) is 3.76. The molecule has 8 nitrogen and oxygen atoms in total. The van der Waals surface area contributed by atoms with E-state index in [0.29, 0.717) is 44.2 Å². The summed E-state index contributed by atoms with van der Waals surface area (Å²) in [4.78, 5) is 32.6. The van der Waals surface area contributed by atoms with E-state index in [9.17, 15) is 14.0 Å². The minimum absolute atomic E-state index is 0.176. The summed E-state index contributed by atoms with van der Waals surface area (Å²) in [6.45, 7) is 3.99. The molecule has 2 aromatic heterocycles. The minimum Gasteiger partial charge on any atom is -0.493 e. The third-order valence-corrected chi connectivity index (χ3v) is 8.63. The molecule has 224 valence electrons. The van der Waals surface area contributed by atoms with Gasteiger partial charge in [0.15, 0.2) is 16.3 Å². The monoisotopic (exact) mass is 611 g/mol. The van der Waals surface area contributed by atoms with Crippen molar-refractivity contribution in [1.82, 2.24) is 9.13 Å². The van der Waals surface area contributed by atoms with Gasteiger partial charge in [0.25, 0.3) is 5.56 Å². The number of methoxy groups -OCH3 is 2. The summed E-state index contributed by atoms with van der Waals surface area (Å²) in [5.74, 6) is 0.170. The molecule has 0 spiro atoms. The van der Waals surface area contributed by atoms with Gasteiger partial charge in [-0.05, 0) is 49.8 Å². The van der Waals surface area contributed by atoms with Crippen LogP contribution in [0, 0.1) is 5.82 Å². The Morgan fingerprint density at radius 3 is 2.55 bits per heavy atom. The van der Waals surface area contributed by atoms with Gasteiger partial charge < -0.3 is 18.8 Å². The first-order valence-electron chi connectivity index (χ1n) is 14.1. The number of benzene rings is 3. The molecule has 10 heteroatoms. The van der Waals surface area contributed by atoms with Gasteiger partial charge in [-0.3, -0.25) is 9.36 Å². The van der Waals surface area contributed by atoms with Crippen LogP contribution in [0.5, 0.6) is 11.5 Å². The molecule has 1 atom stereocenters. The lowest BCUT2D eigenvalue weighted by atomic mass is 9.95. The Bertz CT molecular complexity index is 2120. The first-order chi connectivity index (χ1) is 21.3. The van der Waals surface area contributed by atoms with Crippen molar-refractivity contribution in [2.45, 2.75) is 26.4 Å². The van der Waals surface area contributed by atoms with Crippen LogP contribution in [0.1, 0.15) is 36.6 Å². The van der Waals surface area contributed by atoms with Gasteiger partial charge in [-0.1, -0.05) is 53.8 Å². The number of hydrogen-bond acceptors (Lipinski definition) is 7. The van der Waals surface area contributed by atoms with Crippen LogP contribution in [0.4, 0.5) is 4.39 Å². The molecule has 6 rings (SSSR count). The second-order valence-corrected chi connectivity index (χ2v) is 11.2. The zero-order valence-electron chi connectivity index (χ0n) is 24.7. The molecule has 0 saturated heterocycles. The van der Waals surface area contributed by atoms with Crippen molar-refractivity contribution >= 4 is 34.3 Å². The molecule has 1 aliphatic rings. The molecule has 3 heterocycles. The number of thiazole rings is 1. The number of rotatable bonds is 8. The van der Waals surface area contributed by atoms with Crippen molar-refractivity contribution in [2.24, 2.45) is 4.99 Å². The van der Waals surface area contributed by atoms with Gasteiger partial charge in [0.05, 0.1) is 49.2 Å². The van der Waals surface area contributed by atoms with E-state index in [1.165, 1.54) is 29.1 Å². The smallest absolute Gasteiger partial charge is 0.338 e. The zero-order chi connectivity index (χ0) is 31.0. The summed E-state index contributed by atoms with van der Waals surface area (Å²) in [5, 5.41) is 0.925. The van der Waals surface area contributed by atoms with E-state index in [2.05, 4.69) is 4.99 Å². The SMILES string of the molecule is CCOC(=O)C1=C(C)N=c2s/c(=C\c3cn(Cc4ccccc4F)c4ccccc34)c(=O)n2[C@H]1c1ccc(OC)c(OC)c1. The third-order valence-electron chi connectivity index (χ3n) is 7.64. The number of halogens is 1. The molecule has 0 radical (unpaired) electrons. The van der Waals surface area contributed by atoms with Gasteiger partial charge in [-0.15, -0.1) is 0 Å². The predicted octanol–water partition coefficient (Wildman–Crippen LogP) is 4.96. The number of carbonyl (C=O) groups is 1. The number of nitrogens with zero attached hydrogens (tertiary/aromatic N) is 3. The average molecular weight is 612 g/mol. The molecule has 0 unspecified atom stereocenters. The molecule has 1 aliphatic heterocycles. The number of ether oxygens (including phenoxy) is 3. The molecule has 0 bridgehead atoms. The van der Waals surface area contributed by atoms with Crippen molar-refractivity contribution in [2.75, 3.05) is 20.8 Å². The first-order valence-corrected chi connectivity index (χ1v) is 14.9. The van der Waals surface area contributed by atoms with Crippen LogP contribution >= 0.6 is 11.3 Å². The number of aromatic nitrogens is 2. The third kappa shape index (κ3) is 5.11. The van der Waals surface area contributed by atoms with Crippen LogP contribution in [0.3, 0.4) is 0 Å². The summed E-state index contributed by atoms with van der Waals surface area (Å²) < 4.78 is 34.8. The van der Waals surface area contributed by atoms with Gasteiger partial charge in [-0.25, -0.2) is 14.2 Å². The largest absolute Gasteiger partial charge is 0.493 e. The second-order valence-electron chi connectivity index (χ2n) is 10.2. The topological polar surface area (TPSA) is 84.1 Å². The van der Waals surface area contributed by atoms with Gasteiger partial charge in [-0.2, -0.15) is 0 Å². The molecule has 0 aliphatic carbocycles. The van der Waals surface area contributed by atoms with E-state index in [0.717, 1.165) is 16.5 Å². The van der Waals surface area contributed by atoms with Gasteiger partial charge in [0, 0.05) is 28.2 Å². The quantitative estimate of drug-likeness (QED) is 0.232. The maximum absolute atomic E-state index is 14.5. The minimum atomic E-state index is -0.797. The lowest BCUT2D eigenvalue weighted by molar-refractivity contribution is -0.139. The highest BCUT2D eigenvalue weighted by atomic mass is 32.1. The number of carbonyl (C=O) groups excluding carboxylic acids is 1. The Hall–Kier alpha value is -4.96. The number of allylic oxidation sites excluding steroid dienone is 1. The van der Waals surface area contributed by atoms with E-state index in [4.69, 9.17) is 14.2 Å². The maximum atomic E-state index is 14.5. The number of para-hydroxylation sites is 1. The van der Waals surface area contributed by atoms with Crippen LogP contribution < -0.4 is 24.4 Å². The number of hydrogen-bond donors (Lipinski definition) is 0. The van der Waals surface area contributed by atoms with E-state index >= 15 is 0 Å². The second kappa shape index (κ2) is 12.0. The summed E-state index contributed by atoms with van der Waals surface area (Å²) in [6, 6.07) is 19.0. The Morgan fingerprint density at radius 1 is 1.05 bits per heavy atom. The Morgan fingerprint density at radius 2 is 1.80 bits per heavy atom.